The van der Waals surface area contributed by atoms with Gasteiger partial charge in [-0.2, -0.15) is 0 Å². The zero-order valence-electron chi connectivity index (χ0n) is 35.7. The molecular formula is C46H54FN9O3. The van der Waals surface area contributed by atoms with Crippen LogP contribution in [0.1, 0.15) is 67.6 Å². The van der Waals surface area contributed by atoms with Crippen LogP contribution in [0.15, 0.2) is 85.2 Å². The third-order valence-electron chi connectivity index (χ3n) is 12.6. The Labute approximate surface area is 347 Å². The SMILES string of the molecule is [2H]C1C=CN(c2cc3ccn(C4CCN(CC5(F)CCN(C(=O)c6ccc(C7CN(c8cc(-c9ccccc9O)nnc8N)CCO7)c(C)c6)CC5)CC4)c3cc2C)C([2H])N1. The maximum atomic E-state index is 16.4. The summed E-state index contributed by atoms with van der Waals surface area (Å²) in [7, 11) is 0. The second-order valence-electron chi connectivity index (χ2n) is 16.5. The molecule has 4 N–H and O–H groups in total. The Bertz CT molecular complexity index is 2450. The van der Waals surface area contributed by atoms with Crippen molar-refractivity contribution in [1.29, 1.82) is 0 Å². The maximum Gasteiger partial charge on any atom is 0.253 e. The first kappa shape index (κ1) is 36.6. The normalized spacial score (nSPS) is 23.4. The van der Waals surface area contributed by atoms with E-state index in [0.717, 1.165) is 64.9 Å². The summed E-state index contributed by atoms with van der Waals surface area (Å²) in [5.41, 5.74) is 12.5. The molecule has 3 saturated heterocycles. The van der Waals surface area contributed by atoms with Crippen molar-refractivity contribution >= 4 is 34.0 Å². The van der Waals surface area contributed by atoms with Crippen LogP contribution in [0.25, 0.3) is 22.2 Å². The summed E-state index contributed by atoms with van der Waals surface area (Å²) < 4.78 is 41.3. The molecule has 13 heteroatoms. The van der Waals surface area contributed by atoms with E-state index in [1.165, 1.54) is 0 Å². The third kappa shape index (κ3) is 7.98. The van der Waals surface area contributed by atoms with Gasteiger partial charge in [-0.3, -0.25) is 10.1 Å². The van der Waals surface area contributed by atoms with Gasteiger partial charge in [-0.05, 0) is 91.9 Å². The van der Waals surface area contributed by atoms with Gasteiger partial charge in [-0.1, -0.05) is 24.3 Å². The fraction of sp³-hybridized carbons (Fsp3) is 0.413. The van der Waals surface area contributed by atoms with E-state index in [1.807, 2.05) is 48.4 Å². The topological polar surface area (TPSA) is 128 Å². The number of hydrogen-bond acceptors (Lipinski definition) is 10. The van der Waals surface area contributed by atoms with Crippen molar-refractivity contribution < 1.29 is 21.8 Å². The van der Waals surface area contributed by atoms with Crippen molar-refractivity contribution in [3.63, 3.8) is 0 Å². The minimum Gasteiger partial charge on any atom is -0.507 e. The number of benzene rings is 3. The lowest BCUT2D eigenvalue weighted by Crippen LogP contribution is -2.51. The molecule has 0 bridgehead atoms. The highest BCUT2D eigenvalue weighted by Crippen LogP contribution is 2.37. The quantitative estimate of drug-likeness (QED) is 0.155. The van der Waals surface area contributed by atoms with Crippen molar-refractivity contribution in [1.82, 2.24) is 29.9 Å². The number of piperidine rings is 2. The number of aryl methyl sites for hydroxylation is 2. The molecule has 0 radical (unpaired) electrons. The van der Waals surface area contributed by atoms with Gasteiger partial charge >= 0.3 is 0 Å². The van der Waals surface area contributed by atoms with Gasteiger partial charge in [0.2, 0.25) is 0 Å². The first-order valence-electron chi connectivity index (χ1n) is 21.9. The van der Waals surface area contributed by atoms with Crippen molar-refractivity contribution in [3.05, 3.63) is 107 Å². The number of fused-ring (bicyclic) bond motifs is 1. The Morgan fingerprint density at radius 3 is 2.59 bits per heavy atom. The van der Waals surface area contributed by atoms with E-state index in [-0.39, 0.29) is 17.8 Å². The lowest BCUT2D eigenvalue weighted by atomic mass is 9.91. The number of nitrogens with zero attached hydrogens (tertiary/aromatic N) is 7. The van der Waals surface area contributed by atoms with Crippen LogP contribution in [-0.4, -0.2) is 107 Å². The molecule has 2 aromatic heterocycles. The number of likely N-dealkylation sites (tertiary alicyclic amines) is 2. The van der Waals surface area contributed by atoms with E-state index in [0.29, 0.717) is 80.9 Å². The lowest BCUT2D eigenvalue weighted by molar-refractivity contribution is 0.0158. The largest absolute Gasteiger partial charge is 0.507 e. The molecule has 0 aliphatic carbocycles. The van der Waals surface area contributed by atoms with E-state index in [9.17, 15) is 9.90 Å². The average molecular weight is 802 g/mol. The molecule has 59 heavy (non-hydrogen) atoms. The number of ether oxygens (including phenoxy) is 1. The fourth-order valence-corrected chi connectivity index (χ4v) is 9.30. The zero-order chi connectivity index (χ0) is 42.4. The summed E-state index contributed by atoms with van der Waals surface area (Å²) in [6.45, 7) is 7.13. The molecule has 308 valence electrons. The van der Waals surface area contributed by atoms with E-state index in [4.69, 9.17) is 13.2 Å². The second-order valence-corrected chi connectivity index (χ2v) is 16.5. The number of hydrogen-bond donors (Lipinski definition) is 3. The minimum atomic E-state index is -1.34. The van der Waals surface area contributed by atoms with Crippen molar-refractivity contribution in [3.8, 4) is 17.0 Å². The van der Waals surface area contributed by atoms with Crippen molar-refractivity contribution in [2.75, 3.05) is 81.1 Å². The molecule has 12 nitrogen and oxygen atoms in total. The Balaban J connectivity index is 0.781. The molecule has 3 aromatic carbocycles. The molecule has 3 unspecified atom stereocenters. The number of aromatic hydroxyl groups is 1. The number of aromatic nitrogens is 3. The molecule has 6 heterocycles. The molecule has 3 fully saturated rings. The number of nitrogens with one attached hydrogen (secondary N) is 1. The Hall–Kier alpha value is -5.50. The van der Waals surface area contributed by atoms with Gasteiger partial charge in [0.25, 0.3) is 5.91 Å². The van der Waals surface area contributed by atoms with Crippen molar-refractivity contribution in [2.24, 2.45) is 0 Å². The lowest BCUT2D eigenvalue weighted by Gasteiger charge is -2.41. The number of phenols is 1. The van der Waals surface area contributed by atoms with Crippen LogP contribution in [0.3, 0.4) is 0 Å². The number of anilines is 3. The number of halogens is 1. The van der Waals surface area contributed by atoms with Gasteiger partial charge in [-0.15, -0.1) is 10.2 Å². The fourth-order valence-electron chi connectivity index (χ4n) is 9.30. The van der Waals surface area contributed by atoms with Crippen LogP contribution in [0, 0.1) is 13.8 Å². The smallest absolute Gasteiger partial charge is 0.253 e. The molecule has 4 aliphatic heterocycles. The number of alkyl halides is 1. The number of morpholine rings is 1. The number of amides is 1. The minimum absolute atomic E-state index is 0.0811. The highest BCUT2D eigenvalue weighted by molar-refractivity contribution is 5.94. The van der Waals surface area contributed by atoms with Gasteiger partial charge in [0.05, 0.1) is 26.0 Å². The van der Waals surface area contributed by atoms with E-state index in [2.05, 4.69) is 61.2 Å². The van der Waals surface area contributed by atoms with E-state index in [1.54, 1.807) is 29.2 Å². The summed E-state index contributed by atoms with van der Waals surface area (Å²) in [6.07, 6.45) is 7.95. The molecule has 3 atom stereocenters. The Kier molecular flexibility index (Phi) is 10.1. The van der Waals surface area contributed by atoms with Crippen LogP contribution in [0.2, 0.25) is 0 Å². The summed E-state index contributed by atoms with van der Waals surface area (Å²) in [5.74, 6) is 0.334. The molecule has 5 aromatic rings. The molecule has 0 saturated carbocycles. The van der Waals surface area contributed by atoms with Gasteiger partial charge in [-0.25, -0.2) is 4.39 Å². The first-order chi connectivity index (χ1) is 29.4. The summed E-state index contributed by atoms with van der Waals surface area (Å²) in [5, 5.41) is 22.9. The highest BCUT2D eigenvalue weighted by Gasteiger charge is 2.39. The molecule has 1 amide bonds. The first-order valence-corrected chi connectivity index (χ1v) is 20.7. The number of nitrogens with two attached hydrogens (primary N) is 1. The highest BCUT2D eigenvalue weighted by atomic mass is 19.1. The number of para-hydroxylation sites is 1. The van der Waals surface area contributed by atoms with E-state index < -0.39 is 18.8 Å². The van der Waals surface area contributed by atoms with Gasteiger partial charge in [0.1, 0.15) is 17.5 Å². The number of carbonyl (C=O) groups excluding carboxylic acids is 1. The average Bonchev–Trinajstić information content (AvgIpc) is 3.66. The van der Waals surface area contributed by atoms with Gasteiger partial charge in [0, 0.05) is 113 Å². The number of carbonyl (C=O) groups is 1. The monoisotopic (exact) mass is 801 g/mol. The predicted octanol–water partition coefficient (Wildman–Crippen LogP) is 6.74. The van der Waals surface area contributed by atoms with Crippen LogP contribution < -0.4 is 20.9 Å². The third-order valence-corrected chi connectivity index (χ3v) is 12.6. The number of nitrogen functional groups attached to an aromatic ring is 1. The Morgan fingerprint density at radius 1 is 1.00 bits per heavy atom. The molecule has 0 spiro atoms. The van der Waals surface area contributed by atoms with Gasteiger partial charge in [0.15, 0.2) is 5.82 Å². The molecule has 9 rings (SSSR count). The zero-order valence-corrected chi connectivity index (χ0v) is 33.7. The predicted molar refractivity (Wildman–Crippen MR) is 230 cm³/mol. The molecular weight excluding hydrogens is 746 g/mol. The maximum absolute atomic E-state index is 16.4. The number of phenolic OH excluding ortho intramolecular Hbond substituents is 1. The standard InChI is InChI=1S/C46H54FN9O3/c1-31-24-34(8-9-36(31)43-28-54(22-23-59-43)41-27-38(50-51-44(41)48)37-6-3-4-7-42(37)57)45(58)53-20-13-46(47,14-21-53)29-52-17-11-35(12-18-52)56-19-10-33-26-39(32(2)25-40(33)56)55-16-5-15-49-30-55/h3-10,16,19,24-27,35,43,49,57H,11-15,17-18,20-23,28-30H2,1-2H3,(H2,48,51)/i15D,30D. The van der Waals surface area contributed by atoms with Crippen LogP contribution in [0.5, 0.6) is 5.75 Å². The van der Waals surface area contributed by atoms with E-state index >= 15 is 4.39 Å². The summed E-state index contributed by atoms with van der Waals surface area (Å²) >= 11 is 0. The van der Waals surface area contributed by atoms with Crippen LogP contribution in [-0.2, 0) is 4.74 Å². The second kappa shape index (κ2) is 16.3. The van der Waals surface area contributed by atoms with Crippen LogP contribution in [0.4, 0.5) is 21.6 Å². The van der Waals surface area contributed by atoms with Crippen molar-refractivity contribution in [2.45, 2.75) is 57.3 Å². The van der Waals surface area contributed by atoms with Crippen LogP contribution >= 0.6 is 0 Å². The Morgan fingerprint density at radius 2 is 1.81 bits per heavy atom. The summed E-state index contributed by atoms with van der Waals surface area (Å²) in [4.78, 5) is 21.8. The summed E-state index contributed by atoms with van der Waals surface area (Å²) in [6, 6.07) is 21.4. The molecule has 4 aliphatic rings. The number of rotatable bonds is 8. The van der Waals surface area contributed by atoms with Gasteiger partial charge < -0.3 is 39.7 Å².